The topological polar surface area (TPSA) is 60.7 Å². The molecule has 0 aromatic rings. The van der Waals surface area contributed by atoms with E-state index in [1.54, 1.807) is 6.92 Å². The van der Waals surface area contributed by atoms with Gasteiger partial charge in [0, 0.05) is 5.92 Å². The largest absolute Gasteiger partial charge is 0.393 e. The molecular formula is C8H16O3. The zero-order valence-corrected chi connectivity index (χ0v) is 6.94. The average Bonchev–Trinajstić information content (AvgIpc) is 2.17. The predicted octanol–water partition coefficient (Wildman–Crippen LogP) is -0.255. The summed E-state index contributed by atoms with van der Waals surface area (Å²) in [7, 11) is 0. The third-order valence-electron chi connectivity index (χ3n) is 2.64. The van der Waals surface area contributed by atoms with Crippen LogP contribution in [-0.2, 0) is 0 Å². The van der Waals surface area contributed by atoms with Crippen molar-refractivity contribution in [2.45, 2.75) is 38.6 Å². The van der Waals surface area contributed by atoms with Gasteiger partial charge in [-0.2, -0.15) is 0 Å². The fraction of sp³-hybridized carbons (Fsp3) is 1.00. The number of hydrogen-bond acceptors (Lipinski definition) is 3. The summed E-state index contributed by atoms with van der Waals surface area (Å²) in [5.74, 6) is -0.0513. The Morgan fingerprint density at radius 3 is 2.00 bits per heavy atom. The standard InChI is InChI=1S/C8H16O3/c1-4-3-6(5(2)9)8(11)7(4)10/h4-11H,3H2,1-2H3/t4-,5+,6-,7+,8-/m1/s1. The first-order valence-electron chi connectivity index (χ1n) is 4.08. The molecule has 3 nitrogen and oxygen atoms in total. The molecule has 1 aliphatic carbocycles. The average molecular weight is 160 g/mol. The van der Waals surface area contributed by atoms with E-state index in [1.165, 1.54) is 0 Å². The molecule has 3 heteroatoms. The van der Waals surface area contributed by atoms with Gasteiger partial charge >= 0.3 is 0 Å². The molecule has 1 fully saturated rings. The van der Waals surface area contributed by atoms with E-state index < -0.39 is 18.3 Å². The number of aliphatic hydroxyl groups excluding tert-OH is 3. The minimum atomic E-state index is -0.745. The van der Waals surface area contributed by atoms with Crippen LogP contribution in [-0.4, -0.2) is 33.6 Å². The molecule has 0 aliphatic heterocycles. The molecule has 0 heterocycles. The van der Waals surface area contributed by atoms with Crippen LogP contribution in [0.4, 0.5) is 0 Å². The van der Waals surface area contributed by atoms with E-state index in [0.29, 0.717) is 6.42 Å². The molecule has 1 rings (SSSR count). The fourth-order valence-corrected chi connectivity index (χ4v) is 1.78. The Balaban J connectivity index is 2.59. The highest BCUT2D eigenvalue weighted by molar-refractivity contribution is 4.91. The lowest BCUT2D eigenvalue weighted by Crippen LogP contribution is -2.32. The first kappa shape index (κ1) is 8.97. The lowest BCUT2D eigenvalue weighted by atomic mass is 9.99. The molecule has 0 aromatic heterocycles. The molecule has 11 heavy (non-hydrogen) atoms. The summed E-state index contributed by atoms with van der Waals surface area (Å²) in [4.78, 5) is 0. The van der Waals surface area contributed by atoms with E-state index >= 15 is 0 Å². The second-order valence-corrected chi connectivity index (χ2v) is 3.60. The van der Waals surface area contributed by atoms with Crippen molar-refractivity contribution in [3.63, 3.8) is 0 Å². The monoisotopic (exact) mass is 160 g/mol. The minimum Gasteiger partial charge on any atom is -0.393 e. The first-order chi connectivity index (χ1) is 5.04. The molecule has 66 valence electrons. The van der Waals surface area contributed by atoms with Crippen LogP contribution in [0.5, 0.6) is 0 Å². The highest BCUT2D eigenvalue weighted by Gasteiger charge is 2.40. The van der Waals surface area contributed by atoms with Gasteiger partial charge < -0.3 is 15.3 Å². The summed E-state index contributed by atoms with van der Waals surface area (Å²) in [5.41, 5.74) is 0. The van der Waals surface area contributed by atoms with Gasteiger partial charge in [-0.3, -0.25) is 0 Å². The Hall–Kier alpha value is -0.120. The molecule has 1 saturated carbocycles. The molecule has 0 bridgehead atoms. The van der Waals surface area contributed by atoms with E-state index in [4.69, 9.17) is 0 Å². The molecule has 5 atom stereocenters. The maximum Gasteiger partial charge on any atom is 0.0854 e. The zero-order valence-electron chi connectivity index (χ0n) is 6.94. The van der Waals surface area contributed by atoms with Crippen molar-refractivity contribution in [3.8, 4) is 0 Å². The second-order valence-electron chi connectivity index (χ2n) is 3.60. The highest BCUT2D eigenvalue weighted by Crippen LogP contribution is 2.33. The summed E-state index contributed by atoms with van der Waals surface area (Å²) < 4.78 is 0. The van der Waals surface area contributed by atoms with Crippen molar-refractivity contribution < 1.29 is 15.3 Å². The normalized spacial score (nSPS) is 47.7. The van der Waals surface area contributed by atoms with Gasteiger partial charge in [0.15, 0.2) is 0 Å². The van der Waals surface area contributed by atoms with Gasteiger partial charge in [-0.15, -0.1) is 0 Å². The Kier molecular flexibility index (Phi) is 2.52. The van der Waals surface area contributed by atoms with E-state index in [9.17, 15) is 15.3 Å². The van der Waals surface area contributed by atoms with Crippen LogP contribution < -0.4 is 0 Å². The molecule has 0 unspecified atom stereocenters. The molecule has 0 aromatic carbocycles. The molecule has 1 aliphatic rings. The summed E-state index contributed by atoms with van der Waals surface area (Å²) in [5, 5.41) is 27.9. The third kappa shape index (κ3) is 1.55. The lowest BCUT2D eigenvalue weighted by molar-refractivity contribution is -0.0212. The number of rotatable bonds is 1. The van der Waals surface area contributed by atoms with Crippen molar-refractivity contribution in [2.24, 2.45) is 11.8 Å². The van der Waals surface area contributed by atoms with Crippen LogP contribution >= 0.6 is 0 Å². The second kappa shape index (κ2) is 3.09. The van der Waals surface area contributed by atoms with Crippen molar-refractivity contribution in [2.75, 3.05) is 0 Å². The molecule has 0 spiro atoms. The molecule has 0 amide bonds. The van der Waals surface area contributed by atoms with E-state index in [2.05, 4.69) is 0 Å². The van der Waals surface area contributed by atoms with Crippen molar-refractivity contribution in [3.05, 3.63) is 0 Å². The molecular weight excluding hydrogens is 144 g/mol. The van der Waals surface area contributed by atoms with E-state index in [0.717, 1.165) is 0 Å². The predicted molar refractivity (Wildman–Crippen MR) is 41.0 cm³/mol. The van der Waals surface area contributed by atoms with Crippen molar-refractivity contribution in [1.82, 2.24) is 0 Å². The van der Waals surface area contributed by atoms with Gasteiger partial charge in [-0.05, 0) is 19.3 Å². The minimum absolute atomic E-state index is 0.101. The fourth-order valence-electron chi connectivity index (χ4n) is 1.78. The van der Waals surface area contributed by atoms with Gasteiger partial charge in [-0.1, -0.05) is 6.92 Å². The maximum absolute atomic E-state index is 9.39. The van der Waals surface area contributed by atoms with Crippen LogP contribution in [0, 0.1) is 11.8 Å². The summed E-state index contributed by atoms with van der Waals surface area (Å²) in [6, 6.07) is 0. The lowest BCUT2D eigenvalue weighted by Gasteiger charge is -2.18. The summed E-state index contributed by atoms with van der Waals surface area (Å²) in [6.07, 6.45) is -1.22. The Labute approximate surface area is 66.7 Å². The van der Waals surface area contributed by atoms with Gasteiger partial charge in [-0.25, -0.2) is 0 Å². The van der Waals surface area contributed by atoms with Crippen molar-refractivity contribution >= 4 is 0 Å². The van der Waals surface area contributed by atoms with Crippen molar-refractivity contribution in [1.29, 1.82) is 0 Å². The SMILES string of the molecule is C[C@H](O)[C@H]1C[C@@H](C)[C@H](O)[C@@H]1O. The van der Waals surface area contributed by atoms with Gasteiger partial charge in [0.25, 0.3) is 0 Å². The number of aliphatic hydroxyl groups is 3. The summed E-state index contributed by atoms with van der Waals surface area (Å²) >= 11 is 0. The van der Waals surface area contributed by atoms with Gasteiger partial charge in [0.2, 0.25) is 0 Å². The van der Waals surface area contributed by atoms with Gasteiger partial charge in [0.05, 0.1) is 18.3 Å². The summed E-state index contributed by atoms with van der Waals surface area (Å²) in [6.45, 7) is 3.54. The van der Waals surface area contributed by atoms with E-state index in [-0.39, 0.29) is 11.8 Å². The van der Waals surface area contributed by atoms with Crippen LogP contribution in [0.1, 0.15) is 20.3 Å². The van der Waals surface area contributed by atoms with Crippen LogP contribution in [0.3, 0.4) is 0 Å². The maximum atomic E-state index is 9.39. The molecule has 0 radical (unpaired) electrons. The third-order valence-corrected chi connectivity index (χ3v) is 2.64. The smallest absolute Gasteiger partial charge is 0.0854 e. The number of hydrogen-bond donors (Lipinski definition) is 3. The Morgan fingerprint density at radius 1 is 1.27 bits per heavy atom. The van der Waals surface area contributed by atoms with Crippen LogP contribution in [0.15, 0.2) is 0 Å². The Bertz CT molecular complexity index is 135. The molecule has 3 N–H and O–H groups in total. The van der Waals surface area contributed by atoms with E-state index in [1.807, 2.05) is 6.92 Å². The quantitative estimate of drug-likeness (QED) is 0.495. The zero-order chi connectivity index (χ0) is 8.59. The van der Waals surface area contributed by atoms with Crippen LogP contribution in [0.2, 0.25) is 0 Å². The molecule has 0 saturated heterocycles. The Morgan fingerprint density at radius 2 is 1.82 bits per heavy atom. The highest BCUT2D eigenvalue weighted by atomic mass is 16.3. The van der Waals surface area contributed by atoms with Gasteiger partial charge in [0.1, 0.15) is 0 Å². The first-order valence-corrected chi connectivity index (χ1v) is 4.08. The van der Waals surface area contributed by atoms with Crippen LogP contribution in [0.25, 0.3) is 0 Å².